The molecule has 0 aliphatic rings. The third-order valence-electron chi connectivity index (χ3n) is 4.66. The Hall–Kier alpha value is -2.83. The van der Waals surface area contributed by atoms with Crippen LogP contribution in [0.1, 0.15) is 11.1 Å². The number of aromatic nitrogens is 2. The van der Waals surface area contributed by atoms with Gasteiger partial charge >= 0.3 is 0 Å². The molecule has 0 aliphatic heterocycles. The Kier molecular flexibility index (Phi) is 6.35. The molecule has 4 aromatic rings. The van der Waals surface area contributed by atoms with E-state index in [1.165, 1.54) is 17.8 Å². The minimum atomic E-state index is -0.364. The van der Waals surface area contributed by atoms with E-state index < -0.39 is 0 Å². The number of hydrogen-bond donors (Lipinski definition) is 1. The second kappa shape index (κ2) is 9.32. The van der Waals surface area contributed by atoms with Gasteiger partial charge in [-0.15, -0.1) is 0 Å². The van der Waals surface area contributed by atoms with Gasteiger partial charge < -0.3 is 9.88 Å². The van der Waals surface area contributed by atoms with E-state index in [9.17, 15) is 9.18 Å². The molecule has 3 aromatic carbocycles. The molecule has 0 radical (unpaired) electrons. The topological polar surface area (TPSA) is 46.9 Å². The summed E-state index contributed by atoms with van der Waals surface area (Å²) >= 11 is 7.55. The second-order valence-electron chi connectivity index (χ2n) is 6.72. The Bertz CT molecular complexity index is 1160. The number of nitrogens with one attached hydrogen (secondary N) is 1. The Labute approximate surface area is 183 Å². The van der Waals surface area contributed by atoms with Crippen LogP contribution >= 0.6 is 23.4 Å². The molecule has 1 amide bonds. The van der Waals surface area contributed by atoms with Crippen molar-refractivity contribution in [2.24, 2.45) is 0 Å². The number of carbonyl (C=O) groups excluding carboxylic acids is 1. The molecule has 0 saturated heterocycles. The van der Waals surface area contributed by atoms with Crippen LogP contribution in [0.25, 0.3) is 11.0 Å². The van der Waals surface area contributed by atoms with Crippen LogP contribution in [0.15, 0.2) is 78.0 Å². The van der Waals surface area contributed by atoms with E-state index in [0.717, 1.165) is 16.6 Å². The molecule has 1 N–H and O–H groups in total. The summed E-state index contributed by atoms with van der Waals surface area (Å²) in [5.74, 6) is -0.246. The Morgan fingerprint density at radius 3 is 2.60 bits per heavy atom. The predicted molar refractivity (Wildman–Crippen MR) is 119 cm³/mol. The average Bonchev–Trinajstić information content (AvgIpc) is 3.11. The number of hydrogen-bond acceptors (Lipinski definition) is 3. The molecule has 0 unspecified atom stereocenters. The van der Waals surface area contributed by atoms with Gasteiger partial charge in [-0.3, -0.25) is 4.79 Å². The number of carbonyl (C=O) groups is 1. The van der Waals surface area contributed by atoms with Crippen molar-refractivity contribution in [1.82, 2.24) is 14.9 Å². The van der Waals surface area contributed by atoms with Crippen molar-refractivity contribution in [2.45, 2.75) is 18.2 Å². The van der Waals surface area contributed by atoms with E-state index in [4.69, 9.17) is 11.6 Å². The quantitative estimate of drug-likeness (QED) is 0.398. The van der Waals surface area contributed by atoms with Crippen molar-refractivity contribution in [3.63, 3.8) is 0 Å². The van der Waals surface area contributed by atoms with Crippen LogP contribution in [0.3, 0.4) is 0 Å². The average molecular weight is 440 g/mol. The van der Waals surface area contributed by atoms with Gasteiger partial charge in [0, 0.05) is 17.1 Å². The van der Waals surface area contributed by atoms with Gasteiger partial charge in [0.25, 0.3) is 0 Å². The molecule has 0 bridgehead atoms. The minimum Gasteiger partial charge on any atom is -0.351 e. The number of amides is 1. The third-order valence-corrected chi connectivity index (χ3v) is 5.99. The second-order valence-corrected chi connectivity index (χ2v) is 8.07. The summed E-state index contributed by atoms with van der Waals surface area (Å²) in [6.45, 7) is 0.710. The fraction of sp³-hybridized carbons (Fsp3) is 0.130. The van der Waals surface area contributed by atoms with Gasteiger partial charge in [0.1, 0.15) is 5.82 Å². The van der Waals surface area contributed by atoms with Crippen molar-refractivity contribution in [1.29, 1.82) is 0 Å². The standard InChI is InChI=1S/C23H19ClFN3OS/c24-18-9-6-10-19(25)17(18)14-28-21-12-5-4-11-20(21)27-23(28)30-15-22(29)26-13-16-7-2-1-3-8-16/h1-12H,13-15H2,(H,26,29). The monoisotopic (exact) mass is 439 g/mol. The summed E-state index contributed by atoms with van der Waals surface area (Å²) < 4.78 is 16.3. The maximum atomic E-state index is 14.4. The normalized spacial score (nSPS) is 11.0. The zero-order chi connectivity index (χ0) is 20.9. The van der Waals surface area contributed by atoms with Gasteiger partial charge in [-0.25, -0.2) is 9.37 Å². The summed E-state index contributed by atoms with van der Waals surface area (Å²) in [6, 6.07) is 22.0. The first-order chi connectivity index (χ1) is 14.6. The Morgan fingerprint density at radius 2 is 1.80 bits per heavy atom. The maximum Gasteiger partial charge on any atom is 0.230 e. The van der Waals surface area contributed by atoms with Gasteiger partial charge in [0.15, 0.2) is 5.16 Å². The lowest BCUT2D eigenvalue weighted by Gasteiger charge is -2.11. The lowest BCUT2D eigenvalue weighted by atomic mass is 10.2. The van der Waals surface area contributed by atoms with E-state index in [1.54, 1.807) is 12.1 Å². The largest absolute Gasteiger partial charge is 0.351 e. The molecule has 7 heteroatoms. The predicted octanol–water partition coefficient (Wildman–Crippen LogP) is 5.29. The SMILES string of the molecule is O=C(CSc1nc2ccccc2n1Cc1c(F)cccc1Cl)NCc1ccccc1. The van der Waals surface area contributed by atoms with Crippen LogP contribution in [0.5, 0.6) is 0 Å². The molecule has 0 aliphatic carbocycles. The number of thioether (sulfide) groups is 1. The summed E-state index contributed by atoms with van der Waals surface area (Å²) in [5, 5.41) is 3.92. The Morgan fingerprint density at radius 1 is 1.03 bits per heavy atom. The highest BCUT2D eigenvalue weighted by molar-refractivity contribution is 7.99. The number of imidazole rings is 1. The molecule has 0 atom stereocenters. The van der Waals surface area contributed by atoms with E-state index in [2.05, 4.69) is 10.3 Å². The first-order valence-electron chi connectivity index (χ1n) is 9.43. The van der Waals surface area contributed by atoms with Crippen LogP contribution in [-0.2, 0) is 17.9 Å². The maximum absolute atomic E-state index is 14.4. The summed E-state index contributed by atoms with van der Waals surface area (Å²) in [6.07, 6.45) is 0. The van der Waals surface area contributed by atoms with E-state index in [1.807, 2.05) is 59.2 Å². The van der Waals surface area contributed by atoms with Gasteiger partial charge in [-0.05, 0) is 29.8 Å². The van der Waals surface area contributed by atoms with Gasteiger partial charge in [0.05, 0.1) is 23.3 Å². The first kappa shape index (κ1) is 20.4. The smallest absolute Gasteiger partial charge is 0.230 e. The number of fused-ring (bicyclic) bond motifs is 1. The van der Waals surface area contributed by atoms with Crippen molar-refractivity contribution in [3.05, 3.63) is 94.8 Å². The molecular formula is C23H19ClFN3OS. The lowest BCUT2D eigenvalue weighted by Crippen LogP contribution is -2.24. The highest BCUT2D eigenvalue weighted by Crippen LogP contribution is 2.28. The van der Waals surface area contributed by atoms with Crippen LogP contribution in [0, 0.1) is 5.82 Å². The van der Waals surface area contributed by atoms with Crippen molar-refractivity contribution in [2.75, 3.05) is 5.75 Å². The zero-order valence-corrected chi connectivity index (χ0v) is 17.6. The zero-order valence-electron chi connectivity index (χ0n) is 16.0. The first-order valence-corrected chi connectivity index (χ1v) is 10.8. The van der Waals surface area contributed by atoms with Crippen molar-refractivity contribution >= 4 is 40.3 Å². The number of nitrogens with zero attached hydrogens (tertiary/aromatic N) is 2. The fourth-order valence-electron chi connectivity index (χ4n) is 3.14. The summed E-state index contributed by atoms with van der Waals surface area (Å²) in [4.78, 5) is 17.0. The molecule has 0 fully saturated rings. The van der Waals surface area contributed by atoms with E-state index >= 15 is 0 Å². The lowest BCUT2D eigenvalue weighted by molar-refractivity contribution is -0.118. The van der Waals surface area contributed by atoms with Crippen LogP contribution in [0.2, 0.25) is 5.02 Å². The number of halogens is 2. The van der Waals surface area contributed by atoms with E-state index in [-0.39, 0.29) is 24.0 Å². The van der Waals surface area contributed by atoms with Crippen LogP contribution in [-0.4, -0.2) is 21.2 Å². The van der Waals surface area contributed by atoms with Gasteiger partial charge in [0.2, 0.25) is 5.91 Å². The van der Waals surface area contributed by atoms with Gasteiger partial charge in [-0.2, -0.15) is 0 Å². The highest BCUT2D eigenvalue weighted by Gasteiger charge is 2.16. The number of rotatable bonds is 7. The number of para-hydroxylation sites is 2. The van der Waals surface area contributed by atoms with Crippen molar-refractivity contribution in [3.8, 4) is 0 Å². The van der Waals surface area contributed by atoms with E-state index in [0.29, 0.717) is 22.3 Å². The molecule has 4 rings (SSSR count). The molecule has 0 saturated carbocycles. The van der Waals surface area contributed by atoms with Gasteiger partial charge in [-0.1, -0.05) is 71.9 Å². The molecular weight excluding hydrogens is 421 g/mol. The highest BCUT2D eigenvalue weighted by atomic mass is 35.5. The molecule has 152 valence electrons. The molecule has 30 heavy (non-hydrogen) atoms. The van der Waals surface area contributed by atoms with Crippen molar-refractivity contribution < 1.29 is 9.18 Å². The third kappa shape index (κ3) is 4.66. The molecule has 4 nitrogen and oxygen atoms in total. The molecule has 0 spiro atoms. The van der Waals surface area contributed by atoms with Crippen LogP contribution < -0.4 is 5.32 Å². The fourth-order valence-corrected chi connectivity index (χ4v) is 4.20. The Balaban J connectivity index is 1.52. The molecule has 1 aromatic heterocycles. The molecule has 1 heterocycles. The van der Waals surface area contributed by atoms with Crippen LogP contribution in [0.4, 0.5) is 4.39 Å². The minimum absolute atomic E-state index is 0.0913. The summed E-state index contributed by atoms with van der Waals surface area (Å²) in [7, 11) is 0. The number of benzene rings is 3. The summed E-state index contributed by atoms with van der Waals surface area (Å²) in [5.41, 5.74) is 3.09.